The number of rotatable bonds is 8. The molecule has 4 rings (SSSR count). The number of amides is 2. The van der Waals surface area contributed by atoms with Gasteiger partial charge in [0.25, 0.3) is 5.91 Å². The molecule has 2 amide bonds. The van der Waals surface area contributed by atoms with Crippen molar-refractivity contribution in [3.05, 3.63) is 95.8 Å². The van der Waals surface area contributed by atoms with Gasteiger partial charge in [0, 0.05) is 50.2 Å². The van der Waals surface area contributed by atoms with Crippen LogP contribution in [0.3, 0.4) is 0 Å². The summed E-state index contributed by atoms with van der Waals surface area (Å²) in [5.41, 5.74) is 3.83. The number of para-hydroxylation sites is 1. The van der Waals surface area contributed by atoms with E-state index in [1.54, 1.807) is 12.4 Å². The normalized spacial score (nSPS) is 14.0. The maximum atomic E-state index is 13.2. The van der Waals surface area contributed by atoms with Gasteiger partial charge in [-0.2, -0.15) is 0 Å². The van der Waals surface area contributed by atoms with Crippen LogP contribution in [0.5, 0.6) is 0 Å². The van der Waals surface area contributed by atoms with Crippen molar-refractivity contribution >= 4 is 17.5 Å². The fraction of sp³-hybridized carbons (Fsp3) is 0.296. The molecular formula is C27H30N4O2. The summed E-state index contributed by atoms with van der Waals surface area (Å²) in [6, 6.07) is 21.7. The van der Waals surface area contributed by atoms with E-state index in [1.807, 2.05) is 59.5 Å². The number of carbonyl (C=O) groups is 2. The zero-order valence-corrected chi connectivity index (χ0v) is 18.7. The molecule has 6 heteroatoms. The second-order valence-electron chi connectivity index (χ2n) is 8.35. The zero-order valence-electron chi connectivity index (χ0n) is 18.7. The standard InChI is InChI=1S/C27H30N4O2/c32-26(29-17-12-21-10-15-28-16-11-21)23-13-18-31(19-14-23)27(33)24-8-4-5-9-25(24)30-20-22-6-2-1-3-7-22/h1-11,15-16,23,30H,12-14,17-20H2,(H,29,32). The minimum absolute atomic E-state index is 0.0164. The molecule has 2 aromatic carbocycles. The molecule has 1 aromatic heterocycles. The highest BCUT2D eigenvalue weighted by atomic mass is 16.2. The lowest BCUT2D eigenvalue weighted by molar-refractivity contribution is -0.126. The Morgan fingerprint density at radius 3 is 2.33 bits per heavy atom. The number of carbonyl (C=O) groups excluding carboxylic acids is 2. The first kappa shape index (κ1) is 22.5. The first-order valence-electron chi connectivity index (χ1n) is 11.5. The van der Waals surface area contributed by atoms with Crippen LogP contribution in [0.25, 0.3) is 0 Å². The molecular weight excluding hydrogens is 412 g/mol. The van der Waals surface area contributed by atoms with Crippen molar-refractivity contribution in [2.45, 2.75) is 25.8 Å². The Labute approximate surface area is 195 Å². The number of anilines is 1. The average Bonchev–Trinajstić information content (AvgIpc) is 2.88. The molecule has 6 nitrogen and oxygen atoms in total. The molecule has 0 atom stereocenters. The van der Waals surface area contributed by atoms with E-state index < -0.39 is 0 Å². The van der Waals surface area contributed by atoms with E-state index >= 15 is 0 Å². The van der Waals surface area contributed by atoms with Gasteiger partial charge in [0.05, 0.1) is 5.56 Å². The van der Waals surface area contributed by atoms with E-state index in [-0.39, 0.29) is 17.7 Å². The van der Waals surface area contributed by atoms with Gasteiger partial charge in [0.1, 0.15) is 0 Å². The van der Waals surface area contributed by atoms with Crippen molar-refractivity contribution < 1.29 is 9.59 Å². The number of piperidine rings is 1. The lowest BCUT2D eigenvalue weighted by Gasteiger charge is -2.32. The maximum absolute atomic E-state index is 13.2. The number of pyridine rings is 1. The van der Waals surface area contributed by atoms with Crippen LogP contribution < -0.4 is 10.6 Å². The first-order chi connectivity index (χ1) is 16.2. The second-order valence-corrected chi connectivity index (χ2v) is 8.35. The van der Waals surface area contributed by atoms with Crippen LogP contribution in [-0.2, 0) is 17.8 Å². The Morgan fingerprint density at radius 1 is 0.879 bits per heavy atom. The fourth-order valence-electron chi connectivity index (χ4n) is 4.16. The molecule has 0 unspecified atom stereocenters. The number of hydrogen-bond acceptors (Lipinski definition) is 4. The molecule has 3 aromatic rings. The molecule has 1 aliphatic heterocycles. The number of nitrogens with one attached hydrogen (secondary N) is 2. The number of benzene rings is 2. The summed E-state index contributed by atoms with van der Waals surface area (Å²) in [6.07, 6.45) is 5.69. The van der Waals surface area contributed by atoms with Crippen molar-refractivity contribution in [1.82, 2.24) is 15.2 Å². The third-order valence-electron chi connectivity index (χ3n) is 6.10. The Balaban J connectivity index is 1.27. The predicted octanol–water partition coefficient (Wildman–Crippen LogP) is 3.90. The predicted molar refractivity (Wildman–Crippen MR) is 130 cm³/mol. The third kappa shape index (κ3) is 6.19. The monoisotopic (exact) mass is 442 g/mol. The van der Waals surface area contributed by atoms with Crippen LogP contribution in [-0.4, -0.2) is 41.3 Å². The summed E-state index contributed by atoms with van der Waals surface area (Å²) < 4.78 is 0. The molecule has 1 aliphatic rings. The highest BCUT2D eigenvalue weighted by molar-refractivity contribution is 5.99. The minimum Gasteiger partial charge on any atom is -0.380 e. The summed E-state index contributed by atoms with van der Waals surface area (Å²) in [5.74, 6) is 0.0572. The van der Waals surface area contributed by atoms with Crippen LogP contribution in [0.1, 0.15) is 34.3 Å². The zero-order chi connectivity index (χ0) is 22.9. The summed E-state index contributed by atoms with van der Waals surface area (Å²) in [5, 5.41) is 6.44. The van der Waals surface area contributed by atoms with Crippen LogP contribution in [0.15, 0.2) is 79.1 Å². The van der Waals surface area contributed by atoms with Gasteiger partial charge >= 0.3 is 0 Å². The van der Waals surface area contributed by atoms with Crippen LogP contribution in [0.4, 0.5) is 5.69 Å². The van der Waals surface area contributed by atoms with Crippen molar-refractivity contribution in [2.75, 3.05) is 25.0 Å². The largest absolute Gasteiger partial charge is 0.380 e. The fourth-order valence-corrected chi connectivity index (χ4v) is 4.16. The van der Waals surface area contributed by atoms with E-state index in [0.29, 0.717) is 44.6 Å². The number of aromatic nitrogens is 1. The van der Waals surface area contributed by atoms with Crippen LogP contribution >= 0.6 is 0 Å². The van der Waals surface area contributed by atoms with E-state index in [4.69, 9.17) is 0 Å². The molecule has 0 spiro atoms. The molecule has 1 saturated heterocycles. The molecule has 2 N–H and O–H groups in total. The van der Waals surface area contributed by atoms with Gasteiger partial charge < -0.3 is 15.5 Å². The highest BCUT2D eigenvalue weighted by Gasteiger charge is 2.28. The Hall–Kier alpha value is -3.67. The minimum atomic E-state index is -0.0436. The Morgan fingerprint density at radius 2 is 1.58 bits per heavy atom. The SMILES string of the molecule is O=C(NCCc1ccncc1)C1CCN(C(=O)c2ccccc2NCc2ccccc2)CC1. The van der Waals surface area contributed by atoms with Crippen molar-refractivity contribution in [2.24, 2.45) is 5.92 Å². The molecule has 1 fully saturated rings. The van der Waals surface area contributed by atoms with Gasteiger partial charge in [0.15, 0.2) is 0 Å². The van der Waals surface area contributed by atoms with E-state index in [9.17, 15) is 9.59 Å². The van der Waals surface area contributed by atoms with Crippen molar-refractivity contribution in [3.8, 4) is 0 Å². The van der Waals surface area contributed by atoms with E-state index in [2.05, 4.69) is 27.8 Å². The summed E-state index contributed by atoms with van der Waals surface area (Å²) in [7, 11) is 0. The smallest absolute Gasteiger partial charge is 0.255 e. The van der Waals surface area contributed by atoms with Crippen molar-refractivity contribution in [3.63, 3.8) is 0 Å². The quantitative estimate of drug-likeness (QED) is 0.555. The lowest BCUT2D eigenvalue weighted by atomic mass is 9.95. The lowest BCUT2D eigenvalue weighted by Crippen LogP contribution is -2.43. The average molecular weight is 443 g/mol. The molecule has 0 saturated carbocycles. The summed E-state index contributed by atoms with van der Waals surface area (Å²) in [4.78, 5) is 31.7. The van der Waals surface area contributed by atoms with E-state index in [0.717, 1.165) is 23.2 Å². The highest BCUT2D eigenvalue weighted by Crippen LogP contribution is 2.23. The van der Waals surface area contributed by atoms with E-state index in [1.165, 1.54) is 0 Å². The van der Waals surface area contributed by atoms with Crippen LogP contribution in [0, 0.1) is 5.92 Å². The Bertz CT molecular complexity index is 1050. The second kappa shape index (κ2) is 11.3. The molecule has 2 heterocycles. The van der Waals surface area contributed by atoms with Gasteiger partial charge in [-0.15, -0.1) is 0 Å². The number of nitrogens with zero attached hydrogens (tertiary/aromatic N) is 2. The van der Waals surface area contributed by atoms with Gasteiger partial charge in [-0.3, -0.25) is 14.6 Å². The number of likely N-dealkylation sites (tertiary alicyclic amines) is 1. The molecule has 0 bridgehead atoms. The van der Waals surface area contributed by atoms with Gasteiger partial charge in [-0.1, -0.05) is 42.5 Å². The van der Waals surface area contributed by atoms with Gasteiger partial charge in [-0.05, 0) is 54.7 Å². The van der Waals surface area contributed by atoms with Crippen molar-refractivity contribution in [1.29, 1.82) is 0 Å². The van der Waals surface area contributed by atoms with Gasteiger partial charge in [-0.25, -0.2) is 0 Å². The molecule has 170 valence electrons. The van der Waals surface area contributed by atoms with Crippen LogP contribution in [0.2, 0.25) is 0 Å². The first-order valence-corrected chi connectivity index (χ1v) is 11.5. The third-order valence-corrected chi connectivity index (χ3v) is 6.10. The molecule has 33 heavy (non-hydrogen) atoms. The Kier molecular flexibility index (Phi) is 7.69. The summed E-state index contributed by atoms with van der Waals surface area (Å²) >= 11 is 0. The van der Waals surface area contributed by atoms with Gasteiger partial charge in [0.2, 0.25) is 5.91 Å². The summed E-state index contributed by atoms with van der Waals surface area (Å²) in [6.45, 7) is 2.46. The number of hydrogen-bond donors (Lipinski definition) is 2. The molecule has 0 aliphatic carbocycles. The topological polar surface area (TPSA) is 74.3 Å². The maximum Gasteiger partial charge on any atom is 0.255 e. The molecule has 0 radical (unpaired) electrons.